The van der Waals surface area contributed by atoms with Crippen molar-refractivity contribution < 1.29 is 18.7 Å². The number of piperidine rings is 1. The lowest BCUT2D eigenvalue weighted by Crippen LogP contribution is -2.47. The number of nitrogens with zero attached hydrogens (tertiary/aromatic N) is 4. The SMILES string of the molecule is Cc1c(F)c(N)c2ccccc2c1Oc1ncccc1-c1ccnc(NC2CCCN(C(=O)OC(C)(C)C)C2)n1. The number of halogens is 1. The molecule has 1 atom stereocenters. The van der Waals surface area contributed by atoms with Crippen molar-refractivity contribution in [1.82, 2.24) is 19.9 Å². The fourth-order valence-corrected chi connectivity index (χ4v) is 4.78. The maximum Gasteiger partial charge on any atom is 0.410 e. The van der Waals surface area contributed by atoms with Gasteiger partial charge in [-0.3, -0.25) is 0 Å². The molecule has 0 bridgehead atoms. The van der Waals surface area contributed by atoms with Crippen LogP contribution in [-0.2, 0) is 4.74 Å². The van der Waals surface area contributed by atoms with Gasteiger partial charge in [-0.25, -0.2) is 24.1 Å². The number of aromatic nitrogens is 3. The van der Waals surface area contributed by atoms with Crippen LogP contribution in [0.3, 0.4) is 0 Å². The molecule has 1 amide bonds. The molecule has 0 saturated carbocycles. The highest BCUT2D eigenvalue weighted by Gasteiger charge is 2.28. The third-order valence-corrected chi connectivity index (χ3v) is 6.68. The summed E-state index contributed by atoms with van der Waals surface area (Å²) in [5.41, 5.74) is 7.08. The van der Waals surface area contributed by atoms with E-state index in [0.717, 1.165) is 12.8 Å². The van der Waals surface area contributed by atoms with Crippen LogP contribution in [0.15, 0.2) is 54.9 Å². The Balaban J connectivity index is 1.40. The van der Waals surface area contributed by atoms with Gasteiger partial charge in [0.25, 0.3) is 0 Å². The lowest BCUT2D eigenvalue weighted by Gasteiger charge is -2.34. The van der Waals surface area contributed by atoms with Crippen LogP contribution in [0.4, 0.5) is 20.8 Å². The summed E-state index contributed by atoms with van der Waals surface area (Å²) in [4.78, 5) is 27.8. The third-order valence-electron chi connectivity index (χ3n) is 6.68. The van der Waals surface area contributed by atoms with E-state index in [9.17, 15) is 9.18 Å². The van der Waals surface area contributed by atoms with E-state index >= 15 is 0 Å². The van der Waals surface area contributed by atoms with Gasteiger partial charge in [-0.2, -0.15) is 0 Å². The Morgan fingerprint density at radius 2 is 1.88 bits per heavy atom. The number of carbonyl (C=O) groups excluding carboxylic acids is 1. The second-order valence-corrected chi connectivity index (χ2v) is 10.9. The van der Waals surface area contributed by atoms with Crippen molar-refractivity contribution in [2.45, 2.75) is 52.2 Å². The molecule has 4 aromatic rings. The number of benzene rings is 2. The molecule has 0 radical (unpaired) electrons. The van der Waals surface area contributed by atoms with Crippen molar-refractivity contribution in [2.24, 2.45) is 0 Å². The van der Waals surface area contributed by atoms with Crippen LogP contribution in [-0.4, -0.2) is 50.7 Å². The number of rotatable bonds is 5. The van der Waals surface area contributed by atoms with Crippen LogP contribution >= 0.6 is 0 Å². The summed E-state index contributed by atoms with van der Waals surface area (Å²) in [6.45, 7) is 8.33. The summed E-state index contributed by atoms with van der Waals surface area (Å²) in [5, 5.41) is 4.61. The monoisotopic (exact) mass is 544 g/mol. The second kappa shape index (κ2) is 11.0. The number of likely N-dealkylation sites (tertiary alicyclic amines) is 1. The number of ether oxygens (including phenoxy) is 2. The first-order valence-electron chi connectivity index (χ1n) is 13.3. The number of fused-ring (bicyclic) bond motifs is 1. The van der Waals surface area contributed by atoms with Gasteiger partial charge in [0.05, 0.1) is 16.9 Å². The number of carbonyl (C=O) groups is 1. The molecule has 10 heteroatoms. The van der Waals surface area contributed by atoms with Gasteiger partial charge in [-0.15, -0.1) is 0 Å². The molecule has 0 spiro atoms. The largest absolute Gasteiger partial charge is 0.444 e. The van der Waals surface area contributed by atoms with Crippen LogP contribution in [0.2, 0.25) is 0 Å². The molecule has 1 aliphatic heterocycles. The highest BCUT2D eigenvalue weighted by atomic mass is 19.1. The van der Waals surface area contributed by atoms with Gasteiger partial charge in [0.1, 0.15) is 11.4 Å². The molecule has 1 fully saturated rings. The molecule has 3 heterocycles. The molecule has 1 unspecified atom stereocenters. The number of anilines is 2. The first-order valence-corrected chi connectivity index (χ1v) is 13.3. The van der Waals surface area contributed by atoms with E-state index in [1.807, 2.05) is 39.0 Å². The van der Waals surface area contributed by atoms with Crippen LogP contribution in [0.25, 0.3) is 22.0 Å². The zero-order valence-electron chi connectivity index (χ0n) is 23.1. The minimum Gasteiger partial charge on any atom is -0.444 e. The molecule has 1 saturated heterocycles. The molecule has 0 aliphatic carbocycles. The second-order valence-electron chi connectivity index (χ2n) is 10.9. The highest BCUT2D eigenvalue weighted by Crippen LogP contribution is 2.40. The lowest BCUT2D eigenvalue weighted by molar-refractivity contribution is 0.0206. The first kappa shape index (κ1) is 27.1. The molecule has 5 rings (SSSR count). The van der Waals surface area contributed by atoms with E-state index in [2.05, 4.69) is 15.3 Å². The minimum atomic E-state index is -0.554. The Morgan fingerprint density at radius 1 is 1.10 bits per heavy atom. The molecule has 2 aromatic heterocycles. The predicted octanol–water partition coefficient (Wildman–Crippen LogP) is 6.33. The summed E-state index contributed by atoms with van der Waals surface area (Å²) in [7, 11) is 0. The maximum absolute atomic E-state index is 15.0. The Morgan fingerprint density at radius 3 is 2.65 bits per heavy atom. The highest BCUT2D eigenvalue weighted by molar-refractivity contribution is 5.98. The molecular formula is C30H33FN6O3. The van der Waals surface area contributed by atoms with Gasteiger partial charge >= 0.3 is 6.09 Å². The van der Waals surface area contributed by atoms with Gasteiger partial charge < -0.3 is 25.4 Å². The van der Waals surface area contributed by atoms with E-state index in [1.165, 1.54) is 0 Å². The lowest BCUT2D eigenvalue weighted by atomic mass is 10.0. The van der Waals surface area contributed by atoms with E-state index < -0.39 is 11.4 Å². The predicted molar refractivity (Wildman–Crippen MR) is 153 cm³/mol. The van der Waals surface area contributed by atoms with Crippen molar-refractivity contribution in [3.05, 3.63) is 66.2 Å². The zero-order chi connectivity index (χ0) is 28.4. The number of hydrogen-bond donors (Lipinski definition) is 2. The summed E-state index contributed by atoms with van der Waals surface area (Å²) in [5.74, 6) is 0.522. The number of nitrogens with two attached hydrogens (primary N) is 1. The van der Waals surface area contributed by atoms with E-state index in [4.69, 9.17) is 20.2 Å². The molecule has 40 heavy (non-hydrogen) atoms. The molecule has 3 N–H and O–H groups in total. The molecular weight excluding hydrogens is 511 g/mol. The van der Waals surface area contributed by atoms with E-state index in [-0.39, 0.29) is 23.7 Å². The van der Waals surface area contributed by atoms with Crippen LogP contribution < -0.4 is 15.8 Å². The van der Waals surface area contributed by atoms with Crippen LogP contribution in [0.5, 0.6) is 11.6 Å². The Hall–Kier alpha value is -4.47. The summed E-state index contributed by atoms with van der Waals surface area (Å²) >= 11 is 0. The van der Waals surface area contributed by atoms with Crippen molar-refractivity contribution in [3.8, 4) is 22.9 Å². The average Bonchev–Trinajstić information content (AvgIpc) is 2.94. The summed E-state index contributed by atoms with van der Waals surface area (Å²) in [6.07, 6.45) is 4.64. The molecule has 208 valence electrons. The summed E-state index contributed by atoms with van der Waals surface area (Å²) in [6, 6.07) is 12.6. The quantitative estimate of drug-likeness (QED) is 0.280. The number of pyridine rings is 1. The first-order chi connectivity index (χ1) is 19.1. The number of hydrogen-bond acceptors (Lipinski definition) is 8. The van der Waals surface area contributed by atoms with Gasteiger partial charge in [0, 0.05) is 47.9 Å². The normalized spacial score (nSPS) is 15.6. The average molecular weight is 545 g/mol. The fourth-order valence-electron chi connectivity index (χ4n) is 4.78. The Bertz CT molecular complexity index is 1550. The number of nitrogens with one attached hydrogen (secondary N) is 1. The van der Waals surface area contributed by atoms with Gasteiger partial charge in [0.15, 0.2) is 5.82 Å². The molecule has 2 aromatic carbocycles. The van der Waals surface area contributed by atoms with Crippen molar-refractivity contribution in [2.75, 3.05) is 24.1 Å². The standard InChI is InChI=1S/C30H33FN6O3/c1-18-24(31)25(32)20-10-5-6-11-21(20)26(18)39-27-22(12-7-14-33-27)23-13-15-34-28(36-23)35-19-9-8-16-37(17-19)29(38)40-30(2,3)4/h5-7,10-15,19H,8-9,16-17,32H2,1-4H3,(H,34,35,36). The van der Waals surface area contributed by atoms with Gasteiger partial charge in [0.2, 0.25) is 11.8 Å². The van der Waals surface area contributed by atoms with E-state index in [1.54, 1.807) is 48.5 Å². The molecule has 9 nitrogen and oxygen atoms in total. The summed E-state index contributed by atoms with van der Waals surface area (Å²) < 4.78 is 26.8. The van der Waals surface area contributed by atoms with Crippen LogP contribution in [0, 0.1) is 12.7 Å². The van der Waals surface area contributed by atoms with Crippen molar-refractivity contribution in [1.29, 1.82) is 0 Å². The van der Waals surface area contributed by atoms with Crippen molar-refractivity contribution >= 4 is 28.5 Å². The van der Waals surface area contributed by atoms with E-state index in [0.29, 0.717) is 52.4 Å². The Labute approximate surface area is 232 Å². The maximum atomic E-state index is 15.0. The number of amides is 1. The Kier molecular flexibility index (Phi) is 7.42. The minimum absolute atomic E-state index is 0.0343. The van der Waals surface area contributed by atoms with Crippen LogP contribution in [0.1, 0.15) is 39.2 Å². The zero-order valence-corrected chi connectivity index (χ0v) is 23.1. The van der Waals surface area contributed by atoms with Gasteiger partial charge in [-0.1, -0.05) is 24.3 Å². The molecule has 1 aliphatic rings. The third kappa shape index (κ3) is 5.75. The smallest absolute Gasteiger partial charge is 0.410 e. The fraction of sp³-hybridized carbons (Fsp3) is 0.333. The van der Waals surface area contributed by atoms with Gasteiger partial charge in [-0.05, 0) is 58.7 Å². The number of nitrogen functional groups attached to an aromatic ring is 1. The topological polar surface area (TPSA) is 115 Å². The van der Waals surface area contributed by atoms with Crippen molar-refractivity contribution in [3.63, 3.8) is 0 Å².